The van der Waals surface area contributed by atoms with Crippen LogP contribution in [0.2, 0.25) is 0 Å². The molecule has 0 bridgehead atoms. The Morgan fingerprint density at radius 1 is 1.36 bits per heavy atom. The highest BCUT2D eigenvalue weighted by molar-refractivity contribution is 9.10. The van der Waals surface area contributed by atoms with Crippen molar-refractivity contribution in [2.45, 2.75) is 33.6 Å². The minimum Gasteiger partial charge on any atom is -0.309 e. The van der Waals surface area contributed by atoms with Crippen molar-refractivity contribution >= 4 is 15.9 Å². The lowest BCUT2D eigenvalue weighted by molar-refractivity contribution is 0.507. The lowest BCUT2D eigenvalue weighted by Crippen LogP contribution is -2.17. The van der Waals surface area contributed by atoms with Crippen molar-refractivity contribution in [3.63, 3.8) is 0 Å². The third kappa shape index (κ3) is 2.23. The van der Waals surface area contributed by atoms with Gasteiger partial charge in [-0.25, -0.2) is 4.98 Å². The van der Waals surface area contributed by atoms with Crippen molar-refractivity contribution in [3.8, 4) is 0 Å². The summed E-state index contributed by atoms with van der Waals surface area (Å²) < 4.78 is 0.525. The largest absolute Gasteiger partial charge is 0.309 e. The molecule has 0 saturated carbocycles. The maximum Gasteiger partial charge on any atom is 0.265 e. The number of halogens is 1. The van der Waals surface area contributed by atoms with Gasteiger partial charge in [-0.1, -0.05) is 20.8 Å². The highest BCUT2D eigenvalue weighted by Crippen LogP contribution is 2.20. The fourth-order valence-corrected chi connectivity index (χ4v) is 1.31. The van der Waals surface area contributed by atoms with Gasteiger partial charge in [0.05, 0.1) is 5.69 Å². The molecule has 1 atom stereocenters. The van der Waals surface area contributed by atoms with Crippen molar-refractivity contribution < 1.29 is 0 Å². The molecule has 0 saturated heterocycles. The summed E-state index contributed by atoms with van der Waals surface area (Å²) in [5.74, 6) is 1.51. The van der Waals surface area contributed by atoms with Crippen LogP contribution in [0.4, 0.5) is 0 Å². The standard InChI is InChI=1S/C10H15BrN2O/c1-5(2)6(3)9-12-7(4)8(11)10(14)13-9/h5-6H,1-4H3,(H,12,13,14). The van der Waals surface area contributed by atoms with Crippen molar-refractivity contribution in [1.29, 1.82) is 0 Å². The lowest BCUT2D eigenvalue weighted by Gasteiger charge is -2.14. The zero-order valence-corrected chi connectivity index (χ0v) is 10.5. The van der Waals surface area contributed by atoms with Crippen LogP contribution in [0.5, 0.6) is 0 Å². The molecule has 78 valence electrons. The molecule has 0 aliphatic carbocycles. The third-order valence-corrected chi connectivity index (χ3v) is 3.41. The fraction of sp³-hybridized carbons (Fsp3) is 0.600. The topological polar surface area (TPSA) is 45.8 Å². The Kier molecular flexibility index (Phi) is 3.48. The first-order valence-corrected chi connectivity index (χ1v) is 5.49. The van der Waals surface area contributed by atoms with Crippen molar-refractivity contribution in [1.82, 2.24) is 9.97 Å². The number of hydrogen-bond donors (Lipinski definition) is 1. The van der Waals surface area contributed by atoms with Gasteiger partial charge in [0.25, 0.3) is 5.56 Å². The van der Waals surface area contributed by atoms with Crippen LogP contribution in [-0.4, -0.2) is 9.97 Å². The van der Waals surface area contributed by atoms with E-state index in [0.717, 1.165) is 11.5 Å². The van der Waals surface area contributed by atoms with Gasteiger partial charge in [-0.05, 0) is 28.8 Å². The van der Waals surface area contributed by atoms with Gasteiger partial charge in [-0.15, -0.1) is 0 Å². The number of aromatic amines is 1. The van der Waals surface area contributed by atoms with E-state index >= 15 is 0 Å². The van der Waals surface area contributed by atoms with Crippen molar-refractivity contribution in [3.05, 3.63) is 26.3 Å². The van der Waals surface area contributed by atoms with Crippen LogP contribution in [0.25, 0.3) is 0 Å². The van der Waals surface area contributed by atoms with E-state index in [1.807, 2.05) is 6.92 Å². The maximum absolute atomic E-state index is 11.4. The average molecular weight is 259 g/mol. The van der Waals surface area contributed by atoms with Crippen LogP contribution >= 0.6 is 15.9 Å². The molecule has 0 aliphatic rings. The predicted molar refractivity (Wildman–Crippen MR) is 60.5 cm³/mol. The molecule has 0 aliphatic heterocycles. The summed E-state index contributed by atoms with van der Waals surface area (Å²) in [6, 6.07) is 0. The Morgan fingerprint density at radius 3 is 2.36 bits per heavy atom. The normalized spacial score (nSPS) is 13.3. The molecular formula is C10H15BrN2O. The minimum atomic E-state index is -0.0972. The van der Waals surface area contributed by atoms with Gasteiger partial charge in [0, 0.05) is 5.92 Å². The second-order valence-corrected chi connectivity index (χ2v) is 4.68. The molecule has 4 heteroatoms. The molecule has 0 amide bonds. The van der Waals surface area contributed by atoms with Gasteiger partial charge in [0.1, 0.15) is 10.3 Å². The van der Waals surface area contributed by atoms with Crippen LogP contribution in [0.1, 0.15) is 38.2 Å². The molecule has 0 aromatic carbocycles. The van der Waals surface area contributed by atoms with Crippen LogP contribution in [0, 0.1) is 12.8 Å². The SMILES string of the molecule is Cc1nc(C(C)C(C)C)[nH]c(=O)c1Br. The summed E-state index contributed by atoms with van der Waals surface area (Å²) in [5, 5.41) is 0. The predicted octanol–water partition coefficient (Wildman–Crippen LogP) is 2.60. The van der Waals surface area contributed by atoms with Crippen molar-refractivity contribution in [2.75, 3.05) is 0 Å². The number of hydrogen-bond acceptors (Lipinski definition) is 2. The Labute approximate surface area is 92.1 Å². The molecule has 1 unspecified atom stereocenters. The Balaban J connectivity index is 3.19. The zero-order chi connectivity index (χ0) is 10.9. The molecule has 0 spiro atoms. The quantitative estimate of drug-likeness (QED) is 0.887. The van der Waals surface area contributed by atoms with Gasteiger partial charge in [0.15, 0.2) is 0 Å². The van der Waals surface area contributed by atoms with E-state index in [9.17, 15) is 4.79 Å². The monoisotopic (exact) mass is 258 g/mol. The van der Waals surface area contributed by atoms with E-state index in [1.54, 1.807) is 0 Å². The smallest absolute Gasteiger partial charge is 0.265 e. The van der Waals surface area contributed by atoms with E-state index in [4.69, 9.17) is 0 Å². The third-order valence-electron chi connectivity index (χ3n) is 2.48. The Bertz CT molecular complexity index is 384. The molecule has 1 aromatic heterocycles. The van der Waals surface area contributed by atoms with Gasteiger partial charge >= 0.3 is 0 Å². The average Bonchev–Trinajstić information content (AvgIpc) is 2.12. The minimum absolute atomic E-state index is 0.0972. The van der Waals surface area contributed by atoms with E-state index in [1.165, 1.54) is 0 Å². The molecular weight excluding hydrogens is 244 g/mol. The van der Waals surface area contributed by atoms with Crippen LogP contribution in [0.15, 0.2) is 9.27 Å². The molecule has 0 radical (unpaired) electrons. The summed E-state index contributed by atoms with van der Waals surface area (Å²) in [4.78, 5) is 18.6. The summed E-state index contributed by atoms with van der Waals surface area (Å²) in [6.07, 6.45) is 0. The second-order valence-electron chi connectivity index (χ2n) is 3.88. The second kappa shape index (κ2) is 4.26. The maximum atomic E-state index is 11.4. The first kappa shape index (κ1) is 11.4. The van der Waals surface area contributed by atoms with E-state index in [2.05, 4.69) is 46.7 Å². The highest BCUT2D eigenvalue weighted by Gasteiger charge is 2.14. The lowest BCUT2D eigenvalue weighted by atomic mass is 9.97. The number of H-pyrrole nitrogens is 1. The summed E-state index contributed by atoms with van der Waals surface area (Å²) in [6.45, 7) is 8.12. The molecule has 14 heavy (non-hydrogen) atoms. The van der Waals surface area contributed by atoms with E-state index < -0.39 is 0 Å². The zero-order valence-electron chi connectivity index (χ0n) is 8.89. The molecule has 1 heterocycles. The number of rotatable bonds is 2. The number of aromatic nitrogens is 2. The van der Waals surface area contributed by atoms with Crippen LogP contribution in [0.3, 0.4) is 0 Å². The molecule has 1 N–H and O–H groups in total. The molecule has 1 rings (SSSR count). The number of nitrogens with one attached hydrogen (secondary N) is 1. The first-order chi connectivity index (χ1) is 6.43. The van der Waals surface area contributed by atoms with Gasteiger partial charge < -0.3 is 4.98 Å². The Morgan fingerprint density at radius 2 is 1.93 bits per heavy atom. The Hall–Kier alpha value is -0.640. The van der Waals surface area contributed by atoms with Crippen LogP contribution < -0.4 is 5.56 Å². The number of aryl methyl sites for hydroxylation is 1. The molecule has 0 fully saturated rings. The van der Waals surface area contributed by atoms with Crippen molar-refractivity contribution in [2.24, 2.45) is 5.92 Å². The highest BCUT2D eigenvalue weighted by atomic mass is 79.9. The summed E-state index contributed by atoms with van der Waals surface area (Å²) in [5.41, 5.74) is 0.649. The summed E-state index contributed by atoms with van der Waals surface area (Å²) >= 11 is 3.19. The first-order valence-electron chi connectivity index (χ1n) is 4.69. The van der Waals surface area contributed by atoms with E-state index in [-0.39, 0.29) is 11.5 Å². The summed E-state index contributed by atoms with van der Waals surface area (Å²) in [7, 11) is 0. The van der Waals surface area contributed by atoms with Crippen LogP contribution in [-0.2, 0) is 0 Å². The molecule has 3 nitrogen and oxygen atoms in total. The van der Waals surface area contributed by atoms with Gasteiger partial charge in [-0.3, -0.25) is 4.79 Å². The molecule has 1 aromatic rings. The number of nitrogens with zero attached hydrogens (tertiary/aromatic N) is 1. The van der Waals surface area contributed by atoms with Gasteiger partial charge in [-0.2, -0.15) is 0 Å². The van der Waals surface area contributed by atoms with Gasteiger partial charge in [0.2, 0.25) is 0 Å². The van der Waals surface area contributed by atoms with E-state index in [0.29, 0.717) is 10.4 Å². The fourth-order valence-electron chi connectivity index (χ4n) is 1.12.